The minimum absolute atomic E-state index is 0.0742. The molecule has 0 saturated heterocycles. The number of hydrogen-bond donors (Lipinski definition) is 2. The maximum Gasteiger partial charge on any atom is 0.270 e. The molecule has 2 N–H and O–H groups in total. The fourth-order valence-electron chi connectivity index (χ4n) is 3.95. The highest BCUT2D eigenvalue weighted by Gasteiger charge is 2.23. The molecular formula is C25H15ClN6O4S. The maximum atomic E-state index is 12.9. The number of benzene rings is 2. The van der Waals surface area contributed by atoms with Gasteiger partial charge in [-0.25, -0.2) is 18.4 Å². The van der Waals surface area contributed by atoms with Crippen LogP contribution in [0.25, 0.3) is 44.6 Å². The van der Waals surface area contributed by atoms with E-state index in [0.717, 1.165) is 17.2 Å². The number of aromatic amines is 1. The van der Waals surface area contributed by atoms with Crippen LogP contribution in [0.4, 0.5) is 5.69 Å². The summed E-state index contributed by atoms with van der Waals surface area (Å²) in [7, 11) is -4.27. The standard InChI is InChI=1S/C25H15ClN6O4S/c26-18-10-16(9-15-7-4-8-27-21(15)18)23-22(14-5-2-1-3-6-14)30-24-19(29-23)11-20(25(33)31-24)37(34,35)32-17-12-28-36-13-17/h1-13,32H,(H,30,31,33). The van der Waals surface area contributed by atoms with Gasteiger partial charge >= 0.3 is 0 Å². The van der Waals surface area contributed by atoms with Crippen LogP contribution in [0.2, 0.25) is 5.02 Å². The molecule has 12 heteroatoms. The monoisotopic (exact) mass is 530 g/mol. The molecule has 0 bridgehead atoms. The normalized spacial score (nSPS) is 11.7. The molecule has 0 fully saturated rings. The fraction of sp³-hybridized carbons (Fsp3) is 0. The van der Waals surface area contributed by atoms with E-state index in [1.165, 1.54) is 12.3 Å². The van der Waals surface area contributed by atoms with Crippen LogP contribution >= 0.6 is 11.6 Å². The van der Waals surface area contributed by atoms with Gasteiger partial charge in [0.15, 0.2) is 10.5 Å². The van der Waals surface area contributed by atoms with Crippen molar-refractivity contribution in [3.05, 3.63) is 94.7 Å². The third-order valence-corrected chi connectivity index (χ3v) is 7.27. The van der Waals surface area contributed by atoms with Gasteiger partial charge in [-0.1, -0.05) is 53.2 Å². The molecule has 4 aromatic heterocycles. The second-order valence-electron chi connectivity index (χ2n) is 8.04. The molecular weight excluding hydrogens is 516 g/mol. The molecule has 0 spiro atoms. The molecule has 0 atom stereocenters. The van der Waals surface area contributed by atoms with Gasteiger partial charge in [0, 0.05) is 22.7 Å². The Bertz CT molecular complexity index is 1960. The lowest BCUT2D eigenvalue weighted by Gasteiger charge is -2.12. The van der Waals surface area contributed by atoms with Crippen molar-refractivity contribution in [1.29, 1.82) is 0 Å². The van der Waals surface area contributed by atoms with Gasteiger partial charge in [-0.2, -0.15) is 0 Å². The van der Waals surface area contributed by atoms with Gasteiger partial charge in [-0.3, -0.25) is 14.5 Å². The van der Waals surface area contributed by atoms with Gasteiger partial charge in [-0.05, 0) is 24.3 Å². The van der Waals surface area contributed by atoms with E-state index < -0.39 is 20.5 Å². The zero-order valence-corrected chi connectivity index (χ0v) is 20.3. The van der Waals surface area contributed by atoms with Crippen molar-refractivity contribution in [3.63, 3.8) is 0 Å². The Morgan fingerprint density at radius 1 is 0.946 bits per heavy atom. The fourth-order valence-corrected chi connectivity index (χ4v) is 5.31. The number of anilines is 1. The second kappa shape index (κ2) is 8.80. The number of nitrogens with one attached hydrogen (secondary N) is 2. The molecule has 0 unspecified atom stereocenters. The van der Waals surface area contributed by atoms with Crippen molar-refractivity contribution in [1.82, 2.24) is 25.1 Å². The summed E-state index contributed by atoms with van der Waals surface area (Å²) in [6.07, 6.45) is 3.94. The largest absolute Gasteiger partial charge is 0.362 e. The first-order valence-corrected chi connectivity index (χ1v) is 12.7. The summed E-state index contributed by atoms with van der Waals surface area (Å²) in [4.78, 5) is 28.6. The Kier molecular flexibility index (Phi) is 5.43. The number of nitrogens with zero attached hydrogens (tertiary/aromatic N) is 4. The van der Waals surface area contributed by atoms with Gasteiger partial charge in [-0.15, -0.1) is 0 Å². The summed E-state index contributed by atoms with van der Waals surface area (Å²) >= 11 is 6.54. The van der Waals surface area contributed by atoms with Crippen molar-refractivity contribution in [2.45, 2.75) is 4.90 Å². The van der Waals surface area contributed by atoms with Gasteiger partial charge in [0.1, 0.15) is 17.5 Å². The van der Waals surface area contributed by atoms with E-state index in [-0.39, 0.29) is 16.9 Å². The molecule has 0 saturated carbocycles. The summed E-state index contributed by atoms with van der Waals surface area (Å²) < 4.78 is 32.8. The minimum atomic E-state index is -4.27. The van der Waals surface area contributed by atoms with Gasteiger partial charge in [0.05, 0.1) is 28.1 Å². The average Bonchev–Trinajstić information content (AvgIpc) is 3.40. The van der Waals surface area contributed by atoms with Crippen molar-refractivity contribution < 1.29 is 12.9 Å². The predicted octanol–water partition coefficient (Wildman–Crippen LogP) is 4.64. The van der Waals surface area contributed by atoms with Crippen LogP contribution in [0.1, 0.15) is 0 Å². The van der Waals surface area contributed by atoms with E-state index in [9.17, 15) is 13.2 Å². The van der Waals surface area contributed by atoms with Crippen LogP contribution < -0.4 is 10.3 Å². The molecule has 0 aliphatic carbocycles. The summed E-state index contributed by atoms with van der Waals surface area (Å²) in [5.41, 5.74) is 2.50. The predicted molar refractivity (Wildman–Crippen MR) is 139 cm³/mol. The van der Waals surface area contributed by atoms with Crippen LogP contribution in [0.3, 0.4) is 0 Å². The number of hydrogen-bond acceptors (Lipinski definition) is 8. The van der Waals surface area contributed by atoms with Crippen molar-refractivity contribution in [2.75, 3.05) is 4.72 Å². The molecule has 182 valence electrons. The lowest BCUT2D eigenvalue weighted by molar-refractivity contribution is 0.420. The Morgan fingerprint density at radius 2 is 1.76 bits per heavy atom. The Hall–Kier alpha value is -4.61. The average molecular weight is 531 g/mol. The number of H-pyrrole nitrogens is 1. The highest BCUT2D eigenvalue weighted by atomic mass is 35.5. The summed E-state index contributed by atoms with van der Waals surface area (Å²) in [6, 6.07) is 17.8. The summed E-state index contributed by atoms with van der Waals surface area (Å²) in [6.45, 7) is 0. The molecule has 4 heterocycles. The molecule has 0 radical (unpaired) electrons. The topological polar surface area (TPSA) is 144 Å². The van der Waals surface area contributed by atoms with Crippen molar-refractivity contribution in [3.8, 4) is 22.5 Å². The molecule has 6 rings (SSSR count). The maximum absolute atomic E-state index is 12.9. The Labute approximate surface area is 214 Å². The minimum Gasteiger partial charge on any atom is -0.362 e. The summed E-state index contributed by atoms with van der Waals surface area (Å²) in [5, 5.41) is 4.69. The number of pyridine rings is 2. The quantitative estimate of drug-likeness (QED) is 0.328. The molecule has 6 aromatic rings. The SMILES string of the molecule is O=c1[nH]c2nc(-c3ccccc3)c(-c3cc(Cl)c4ncccc4c3)nc2cc1S(=O)(=O)Nc1cnoc1. The summed E-state index contributed by atoms with van der Waals surface area (Å²) in [5.74, 6) is 0. The third kappa shape index (κ3) is 4.20. The molecule has 2 aromatic carbocycles. The van der Waals surface area contributed by atoms with Crippen LogP contribution in [0, 0.1) is 0 Å². The van der Waals surface area contributed by atoms with Crippen LogP contribution in [-0.4, -0.2) is 33.5 Å². The molecule has 10 nitrogen and oxygen atoms in total. The molecule has 0 aliphatic heterocycles. The zero-order chi connectivity index (χ0) is 25.6. The first-order chi connectivity index (χ1) is 17.9. The Morgan fingerprint density at radius 3 is 2.54 bits per heavy atom. The highest BCUT2D eigenvalue weighted by Crippen LogP contribution is 2.34. The van der Waals surface area contributed by atoms with Crippen molar-refractivity contribution >= 4 is 49.4 Å². The molecule has 0 amide bonds. The van der Waals surface area contributed by atoms with E-state index in [2.05, 4.69) is 29.4 Å². The lowest BCUT2D eigenvalue weighted by atomic mass is 10.0. The van der Waals surface area contributed by atoms with E-state index in [4.69, 9.17) is 16.6 Å². The number of sulfonamides is 1. The van der Waals surface area contributed by atoms with Gasteiger partial charge in [0.2, 0.25) is 0 Å². The van der Waals surface area contributed by atoms with Crippen LogP contribution in [0.5, 0.6) is 0 Å². The van der Waals surface area contributed by atoms with E-state index >= 15 is 0 Å². The molecule has 0 aliphatic rings. The van der Waals surface area contributed by atoms with E-state index in [1.807, 2.05) is 42.5 Å². The first-order valence-electron chi connectivity index (χ1n) is 10.9. The van der Waals surface area contributed by atoms with E-state index in [1.54, 1.807) is 18.3 Å². The number of halogens is 1. The highest BCUT2D eigenvalue weighted by molar-refractivity contribution is 7.92. The third-order valence-electron chi connectivity index (χ3n) is 5.60. The van der Waals surface area contributed by atoms with Gasteiger partial charge in [0.25, 0.3) is 15.6 Å². The number of rotatable bonds is 5. The second-order valence-corrected chi connectivity index (χ2v) is 10.1. The van der Waals surface area contributed by atoms with Gasteiger partial charge < -0.3 is 9.51 Å². The molecule has 37 heavy (non-hydrogen) atoms. The Balaban J connectivity index is 1.60. The zero-order valence-electron chi connectivity index (χ0n) is 18.7. The smallest absolute Gasteiger partial charge is 0.270 e. The van der Waals surface area contributed by atoms with E-state index in [0.29, 0.717) is 27.5 Å². The number of fused-ring (bicyclic) bond motifs is 2. The number of aromatic nitrogens is 5. The lowest BCUT2D eigenvalue weighted by Crippen LogP contribution is -2.23. The van der Waals surface area contributed by atoms with Crippen LogP contribution in [0.15, 0.2) is 93.5 Å². The van der Waals surface area contributed by atoms with Crippen LogP contribution in [-0.2, 0) is 10.0 Å². The first kappa shape index (κ1) is 22.8. The van der Waals surface area contributed by atoms with Crippen molar-refractivity contribution in [2.24, 2.45) is 0 Å².